The zero-order valence-corrected chi connectivity index (χ0v) is 22.0. The summed E-state index contributed by atoms with van der Waals surface area (Å²) in [4.78, 5) is 39.8. The Hall–Kier alpha value is -4.97. The van der Waals surface area contributed by atoms with E-state index < -0.39 is 23.4 Å². The second-order valence-electron chi connectivity index (χ2n) is 8.74. The first-order valence-corrected chi connectivity index (χ1v) is 12.9. The summed E-state index contributed by atoms with van der Waals surface area (Å²) in [6.45, 7) is 0.314. The number of carbonyl (C=O) groups excluding carboxylic acids is 2. The maximum absolute atomic E-state index is 13.6. The molecule has 12 heteroatoms. The van der Waals surface area contributed by atoms with E-state index >= 15 is 0 Å². The van der Waals surface area contributed by atoms with E-state index in [1.165, 1.54) is 31.7 Å². The molecule has 40 heavy (non-hydrogen) atoms. The Morgan fingerprint density at radius 2 is 1.77 bits per heavy atom. The molecule has 3 heterocycles. The number of pyridine rings is 1. The topological polar surface area (TPSA) is 135 Å². The van der Waals surface area contributed by atoms with Gasteiger partial charge < -0.3 is 21.7 Å². The van der Waals surface area contributed by atoms with Crippen molar-refractivity contribution in [2.24, 2.45) is 0 Å². The summed E-state index contributed by atoms with van der Waals surface area (Å²) < 4.78 is 26.8. The van der Waals surface area contributed by atoms with Crippen LogP contribution in [0.5, 0.6) is 0 Å². The molecule has 202 valence electrons. The van der Waals surface area contributed by atoms with Crippen LogP contribution in [0.2, 0.25) is 0 Å². The fourth-order valence-corrected chi connectivity index (χ4v) is 4.95. The van der Waals surface area contributed by atoms with E-state index in [-0.39, 0.29) is 23.5 Å². The molecule has 0 aliphatic rings. The third-order valence-electron chi connectivity index (χ3n) is 6.10. The van der Waals surface area contributed by atoms with Gasteiger partial charge in [-0.1, -0.05) is 12.1 Å². The number of benzene rings is 2. The molecule has 0 saturated heterocycles. The Kier molecular flexibility index (Phi) is 7.60. The molecule has 2 aromatic carbocycles. The van der Waals surface area contributed by atoms with E-state index in [1.54, 1.807) is 11.3 Å². The van der Waals surface area contributed by atoms with Gasteiger partial charge in [0.05, 0.1) is 23.2 Å². The van der Waals surface area contributed by atoms with Gasteiger partial charge in [0.25, 0.3) is 11.8 Å². The zero-order valence-electron chi connectivity index (χ0n) is 21.2. The lowest BCUT2D eigenvalue weighted by molar-refractivity contribution is 0.0951. The standard InChI is InChI=1S/C28H23F2N7O2S/c1-32-27(38)17-10-20(28(39)35-11-15-2-5-21(29)22(30)8-15)26(33-12-17)34-13-18-4-7-24(40-18)16-3-6-23-19(9-16)25(31)37-14-36-23/h2-10,12,14H,11,13H2,1H3,(H,32,38)(H,33,34)(H,35,39)(H2,31,36,37). The van der Waals surface area contributed by atoms with Gasteiger partial charge >= 0.3 is 0 Å². The van der Waals surface area contributed by atoms with E-state index in [0.717, 1.165) is 38.4 Å². The number of nitrogens with two attached hydrogens (primary N) is 1. The van der Waals surface area contributed by atoms with Crippen molar-refractivity contribution in [3.63, 3.8) is 0 Å². The molecule has 3 aromatic heterocycles. The second kappa shape index (κ2) is 11.4. The normalized spacial score (nSPS) is 10.9. The summed E-state index contributed by atoms with van der Waals surface area (Å²) >= 11 is 1.55. The average Bonchev–Trinajstić information content (AvgIpc) is 3.45. The smallest absolute Gasteiger partial charge is 0.255 e. The van der Waals surface area contributed by atoms with E-state index in [1.807, 2.05) is 30.3 Å². The lowest BCUT2D eigenvalue weighted by Crippen LogP contribution is -2.26. The monoisotopic (exact) mass is 559 g/mol. The number of thiophene rings is 1. The molecular formula is C28H23F2N7O2S. The number of carbonyl (C=O) groups is 2. The largest absolute Gasteiger partial charge is 0.383 e. The van der Waals surface area contributed by atoms with E-state index in [4.69, 9.17) is 5.73 Å². The van der Waals surface area contributed by atoms with Gasteiger partial charge in [-0.25, -0.2) is 23.7 Å². The minimum Gasteiger partial charge on any atom is -0.383 e. The summed E-state index contributed by atoms with van der Waals surface area (Å²) in [7, 11) is 1.47. The highest BCUT2D eigenvalue weighted by atomic mass is 32.1. The number of hydrogen-bond donors (Lipinski definition) is 4. The SMILES string of the molecule is CNC(=O)c1cnc(NCc2ccc(-c3ccc4ncnc(N)c4c3)s2)c(C(=O)NCc2ccc(F)c(F)c2)c1. The van der Waals surface area contributed by atoms with Crippen molar-refractivity contribution in [2.75, 3.05) is 18.1 Å². The molecule has 0 unspecified atom stereocenters. The van der Waals surface area contributed by atoms with Crippen LogP contribution in [0.3, 0.4) is 0 Å². The first-order valence-electron chi connectivity index (χ1n) is 12.1. The molecule has 5 N–H and O–H groups in total. The van der Waals surface area contributed by atoms with Gasteiger partial charge in [-0.05, 0) is 53.6 Å². The molecule has 5 aromatic rings. The van der Waals surface area contributed by atoms with Crippen LogP contribution >= 0.6 is 11.3 Å². The number of nitrogen functional groups attached to an aromatic ring is 1. The van der Waals surface area contributed by atoms with Crippen LogP contribution < -0.4 is 21.7 Å². The van der Waals surface area contributed by atoms with Crippen LogP contribution in [0.25, 0.3) is 21.3 Å². The minimum absolute atomic E-state index is 0.0464. The number of fused-ring (bicyclic) bond motifs is 1. The van der Waals surface area contributed by atoms with E-state index in [9.17, 15) is 18.4 Å². The van der Waals surface area contributed by atoms with Gasteiger partial charge in [-0.15, -0.1) is 11.3 Å². The van der Waals surface area contributed by atoms with Gasteiger partial charge in [0.1, 0.15) is 18.0 Å². The quantitative estimate of drug-likeness (QED) is 0.220. The second-order valence-corrected chi connectivity index (χ2v) is 9.91. The fraction of sp³-hybridized carbons (Fsp3) is 0.107. The predicted molar refractivity (Wildman–Crippen MR) is 150 cm³/mol. The van der Waals surface area contributed by atoms with Gasteiger partial charge in [-0.2, -0.15) is 0 Å². The highest BCUT2D eigenvalue weighted by Crippen LogP contribution is 2.31. The lowest BCUT2D eigenvalue weighted by Gasteiger charge is -2.13. The molecule has 2 amide bonds. The van der Waals surface area contributed by atoms with Crippen LogP contribution in [0, 0.1) is 11.6 Å². The molecule has 0 bridgehead atoms. The lowest BCUT2D eigenvalue weighted by atomic mass is 10.1. The van der Waals surface area contributed by atoms with Crippen molar-refractivity contribution in [1.82, 2.24) is 25.6 Å². The van der Waals surface area contributed by atoms with Gasteiger partial charge in [0.2, 0.25) is 0 Å². The maximum atomic E-state index is 13.6. The minimum atomic E-state index is -1.01. The fourth-order valence-electron chi connectivity index (χ4n) is 4.00. The summed E-state index contributed by atoms with van der Waals surface area (Å²) in [5, 5.41) is 9.12. The van der Waals surface area contributed by atoms with E-state index in [2.05, 4.69) is 30.9 Å². The number of halogens is 2. The van der Waals surface area contributed by atoms with Crippen molar-refractivity contribution in [2.45, 2.75) is 13.1 Å². The van der Waals surface area contributed by atoms with Crippen molar-refractivity contribution in [3.05, 3.63) is 100 Å². The number of amides is 2. The number of hydrogen-bond acceptors (Lipinski definition) is 8. The summed E-state index contributed by atoms with van der Waals surface area (Å²) in [5.41, 5.74) is 8.45. The van der Waals surface area contributed by atoms with Crippen molar-refractivity contribution in [3.8, 4) is 10.4 Å². The molecule has 9 nitrogen and oxygen atoms in total. The number of nitrogens with one attached hydrogen (secondary N) is 3. The predicted octanol–water partition coefficient (Wildman–Crippen LogP) is 4.52. The molecule has 0 radical (unpaired) electrons. The van der Waals surface area contributed by atoms with Gasteiger partial charge in [0, 0.05) is 34.9 Å². The third-order valence-corrected chi connectivity index (χ3v) is 7.24. The Bertz CT molecular complexity index is 1740. The van der Waals surface area contributed by atoms with Gasteiger partial charge in [-0.3, -0.25) is 9.59 Å². The van der Waals surface area contributed by atoms with Crippen LogP contribution in [0.4, 0.5) is 20.4 Å². The molecule has 0 fully saturated rings. The number of nitrogens with zero attached hydrogens (tertiary/aromatic N) is 3. The Morgan fingerprint density at radius 3 is 2.58 bits per heavy atom. The number of anilines is 2. The van der Waals surface area contributed by atoms with Crippen LogP contribution in [-0.4, -0.2) is 33.8 Å². The van der Waals surface area contributed by atoms with Crippen LogP contribution in [0.1, 0.15) is 31.2 Å². The Morgan fingerprint density at radius 1 is 0.925 bits per heavy atom. The molecular weight excluding hydrogens is 536 g/mol. The molecule has 5 rings (SSSR count). The maximum Gasteiger partial charge on any atom is 0.255 e. The Balaban J connectivity index is 1.34. The Labute approximate surface area is 231 Å². The molecule has 0 aliphatic carbocycles. The average molecular weight is 560 g/mol. The molecule has 0 saturated carbocycles. The van der Waals surface area contributed by atoms with Crippen molar-refractivity contribution >= 4 is 45.7 Å². The van der Waals surface area contributed by atoms with Crippen molar-refractivity contribution < 1.29 is 18.4 Å². The number of aromatic nitrogens is 3. The molecule has 0 spiro atoms. The third kappa shape index (κ3) is 5.71. The molecule has 0 atom stereocenters. The van der Waals surface area contributed by atoms with Gasteiger partial charge in [0.15, 0.2) is 11.6 Å². The summed E-state index contributed by atoms with van der Waals surface area (Å²) in [6, 6.07) is 14.6. The molecule has 0 aliphatic heterocycles. The van der Waals surface area contributed by atoms with Crippen LogP contribution in [0.15, 0.2) is 67.1 Å². The highest BCUT2D eigenvalue weighted by molar-refractivity contribution is 7.15. The zero-order chi connectivity index (χ0) is 28.2. The summed E-state index contributed by atoms with van der Waals surface area (Å²) in [5.74, 6) is -2.24. The number of rotatable bonds is 8. The van der Waals surface area contributed by atoms with Crippen molar-refractivity contribution in [1.29, 1.82) is 0 Å². The summed E-state index contributed by atoms with van der Waals surface area (Å²) in [6.07, 6.45) is 2.80. The first-order chi connectivity index (χ1) is 19.3. The highest BCUT2D eigenvalue weighted by Gasteiger charge is 2.17. The van der Waals surface area contributed by atoms with Crippen LogP contribution in [-0.2, 0) is 13.1 Å². The first kappa shape index (κ1) is 26.6. The van der Waals surface area contributed by atoms with E-state index in [0.29, 0.717) is 17.9 Å².